The van der Waals surface area contributed by atoms with Crippen molar-refractivity contribution in [1.29, 1.82) is 0 Å². The van der Waals surface area contributed by atoms with Crippen LogP contribution in [0.1, 0.15) is 26.7 Å². The van der Waals surface area contributed by atoms with E-state index in [0.29, 0.717) is 6.54 Å². The van der Waals surface area contributed by atoms with E-state index in [1.165, 1.54) is 0 Å². The Hall–Kier alpha value is -2.21. The maximum absolute atomic E-state index is 12.5. The van der Waals surface area contributed by atoms with Crippen molar-refractivity contribution in [2.75, 3.05) is 6.54 Å². The van der Waals surface area contributed by atoms with Gasteiger partial charge in [0.1, 0.15) is 12.2 Å². The zero-order valence-electron chi connectivity index (χ0n) is 13.5. The fourth-order valence-corrected chi connectivity index (χ4v) is 3.15. The van der Waals surface area contributed by atoms with Gasteiger partial charge >= 0.3 is 0 Å². The standard InChI is InChI=1S/C17H22N4O2/c1-17(2,23)15-9-6-10-21(15)16(22)12-20-11-14(18-19-20)13-7-4-3-5-8-13/h3-5,7-8,11,15,23H,6,9-10,12H2,1-2H3. The molecule has 6 nitrogen and oxygen atoms in total. The lowest BCUT2D eigenvalue weighted by Gasteiger charge is -2.33. The first kappa shape index (κ1) is 15.7. The molecule has 23 heavy (non-hydrogen) atoms. The number of rotatable bonds is 4. The van der Waals surface area contributed by atoms with Crippen molar-refractivity contribution in [3.8, 4) is 11.3 Å². The predicted octanol–water partition coefficient (Wildman–Crippen LogP) is 1.71. The number of hydrogen-bond donors (Lipinski definition) is 1. The molecule has 1 aliphatic rings. The van der Waals surface area contributed by atoms with E-state index >= 15 is 0 Å². The molecule has 1 N–H and O–H groups in total. The number of amides is 1. The van der Waals surface area contributed by atoms with Crippen LogP contribution in [0.5, 0.6) is 0 Å². The first-order valence-corrected chi connectivity index (χ1v) is 7.92. The van der Waals surface area contributed by atoms with E-state index in [9.17, 15) is 9.90 Å². The van der Waals surface area contributed by atoms with Crippen molar-refractivity contribution in [3.63, 3.8) is 0 Å². The quantitative estimate of drug-likeness (QED) is 0.932. The van der Waals surface area contributed by atoms with Gasteiger partial charge in [0, 0.05) is 12.1 Å². The van der Waals surface area contributed by atoms with Crippen molar-refractivity contribution in [2.24, 2.45) is 0 Å². The Bertz CT molecular complexity index is 675. The number of carbonyl (C=O) groups excluding carboxylic acids is 1. The molecule has 6 heteroatoms. The van der Waals surface area contributed by atoms with Gasteiger partial charge < -0.3 is 10.0 Å². The number of aliphatic hydroxyl groups is 1. The minimum absolute atomic E-state index is 0.0286. The number of carbonyl (C=O) groups is 1. The highest BCUT2D eigenvalue weighted by atomic mass is 16.3. The van der Waals surface area contributed by atoms with Crippen LogP contribution in [-0.4, -0.2) is 49.1 Å². The number of nitrogens with zero attached hydrogens (tertiary/aromatic N) is 4. The Morgan fingerprint density at radius 2 is 2.09 bits per heavy atom. The van der Waals surface area contributed by atoms with E-state index in [1.807, 2.05) is 30.3 Å². The number of likely N-dealkylation sites (tertiary alicyclic amines) is 1. The van der Waals surface area contributed by atoms with E-state index in [2.05, 4.69) is 10.3 Å². The van der Waals surface area contributed by atoms with Gasteiger partial charge in [0.15, 0.2) is 0 Å². The normalized spacial score (nSPS) is 18.4. The van der Waals surface area contributed by atoms with Crippen LogP contribution in [0.15, 0.2) is 36.5 Å². The van der Waals surface area contributed by atoms with Crippen molar-refractivity contribution in [3.05, 3.63) is 36.5 Å². The van der Waals surface area contributed by atoms with Gasteiger partial charge in [0.05, 0.1) is 17.8 Å². The first-order chi connectivity index (χ1) is 10.9. The molecule has 1 aromatic heterocycles. The second-order valence-corrected chi connectivity index (χ2v) is 6.57. The summed E-state index contributed by atoms with van der Waals surface area (Å²) in [4.78, 5) is 14.3. The summed E-state index contributed by atoms with van der Waals surface area (Å²) >= 11 is 0. The Labute approximate surface area is 135 Å². The van der Waals surface area contributed by atoms with Crippen LogP contribution in [0.2, 0.25) is 0 Å². The van der Waals surface area contributed by atoms with Crippen LogP contribution in [0.4, 0.5) is 0 Å². The first-order valence-electron chi connectivity index (χ1n) is 7.92. The topological polar surface area (TPSA) is 71.2 Å². The molecule has 0 radical (unpaired) electrons. The summed E-state index contributed by atoms with van der Waals surface area (Å²) in [7, 11) is 0. The zero-order chi connectivity index (χ0) is 16.4. The highest BCUT2D eigenvalue weighted by Gasteiger charge is 2.38. The molecule has 0 saturated carbocycles. The van der Waals surface area contributed by atoms with E-state index in [-0.39, 0.29) is 18.5 Å². The molecule has 0 spiro atoms. The van der Waals surface area contributed by atoms with Gasteiger partial charge in [0.25, 0.3) is 0 Å². The number of aromatic nitrogens is 3. The Balaban J connectivity index is 1.70. The molecule has 0 aliphatic carbocycles. The maximum atomic E-state index is 12.5. The maximum Gasteiger partial charge on any atom is 0.244 e. The van der Waals surface area contributed by atoms with Gasteiger partial charge in [-0.2, -0.15) is 0 Å². The average molecular weight is 314 g/mol. The molecular weight excluding hydrogens is 292 g/mol. The van der Waals surface area contributed by atoms with E-state index in [1.54, 1.807) is 29.6 Å². The van der Waals surface area contributed by atoms with Crippen LogP contribution < -0.4 is 0 Å². The SMILES string of the molecule is CC(C)(O)C1CCCN1C(=O)Cn1cc(-c2ccccc2)nn1. The molecule has 1 amide bonds. The van der Waals surface area contributed by atoms with Crippen LogP contribution in [-0.2, 0) is 11.3 Å². The van der Waals surface area contributed by atoms with E-state index < -0.39 is 5.60 Å². The molecule has 3 rings (SSSR count). The summed E-state index contributed by atoms with van der Waals surface area (Å²) in [5, 5.41) is 18.4. The van der Waals surface area contributed by atoms with E-state index in [4.69, 9.17) is 0 Å². The monoisotopic (exact) mass is 314 g/mol. The molecule has 1 aliphatic heterocycles. The number of benzene rings is 1. The second kappa shape index (κ2) is 6.12. The van der Waals surface area contributed by atoms with Gasteiger partial charge in [-0.25, -0.2) is 4.68 Å². The average Bonchev–Trinajstić information content (AvgIpc) is 3.16. The third kappa shape index (κ3) is 3.42. The fraction of sp³-hybridized carbons (Fsp3) is 0.471. The van der Waals surface area contributed by atoms with Crippen molar-refractivity contribution < 1.29 is 9.90 Å². The van der Waals surface area contributed by atoms with Crippen LogP contribution in [0.25, 0.3) is 11.3 Å². The van der Waals surface area contributed by atoms with Gasteiger partial charge in [-0.1, -0.05) is 35.5 Å². The van der Waals surface area contributed by atoms with Crippen LogP contribution in [0.3, 0.4) is 0 Å². The van der Waals surface area contributed by atoms with Crippen molar-refractivity contribution in [1.82, 2.24) is 19.9 Å². The smallest absolute Gasteiger partial charge is 0.244 e. The summed E-state index contributed by atoms with van der Waals surface area (Å²) in [5.41, 5.74) is 0.838. The number of hydrogen-bond acceptors (Lipinski definition) is 4. The molecule has 1 aromatic carbocycles. The molecule has 2 aromatic rings. The van der Waals surface area contributed by atoms with Crippen LogP contribution >= 0.6 is 0 Å². The summed E-state index contributed by atoms with van der Waals surface area (Å²) < 4.78 is 1.56. The Morgan fingerprint density at radius 1 is 1.35 bits per heavy atom. The zero-order valence-corrected chi connectivity index (χ0v) is 13.5. The summed E-state index contributed by atoms with van der Waals surface area (Å²) in [6, 6.07) is 9.62. The highest BCUT2D eigenvalue weighted by Crippen LogP contribution is 2.27. The Kier molecular flexibility index (Phi) is 4.17. The molecule has 1 atom stereocenters. The van der Waals surface area contributed by atoms with Gasteiger partial charge in [-0.05, 0) is 26.7 Å². The lowest BCUT2D eigenvalue weighted by Crippen LogP contribution is -2.49. The van der Waals surface area contributed by atoms with Gasteiger partial charge in [-0.15, -0.1) is 5.10 Å². The second-order valence-electron chi connectivity index (χ2n) is 6.57. The molecule has 2 heterocycles. The predicted molar refractivity (Wildman–Crippen MR) is 86.5 cm³/mol. The molecule has 1 unspecified atom stereocenters. The molecular formula is C17H22N4O2. The largest absolute Gasteiger partial charge is 0.388 e. The molecule has 0 bridgehead atoms. The van der Waals surface area contributed by atoms with Gasteiger partial charge in [0.2, 0.25) is 5.91 Å². The third-order valence-electron chi connectivity index (χ3n) is 4.29. The lowest BCUT2D eigenvalue weighted by atomic mass is 9.96. The summed E-state index contributed by atoms with van der Waals surface area (Å²) in [5.74, 6) is -0.0286. The lowest BCUT2D eigenvalue weighted by molar-refractivity contribution is -0.137. The Morgan fingerprint density at radius 3 is 2.78 bits per heavy atom. The van der Waals surface area contributed by atoms with Crippen molar-refractivity contribution in [2.45, 2.75) is 44.9 Å². The minimum Gasteiger partial charge on any atom is -0.388 e. The van der Waals surface area contributed by atoms with Crippen molar-refractivity contribution >= 4 is 5.91 Å². The minimum atomic E-state index is -0.885. The molecule has 122 valence electrons. The summed E-state index contributed by atoms with van der Waals surface area (Å²) in [6.45, 7) is 4.35. The fourth-order valence-electron chi connectivity index (χ4n) is 3.15. The third-order valence-corrected chi connectivity index (χ3v) is 4.29. The highest BCUT2D eigenvalue weighted by molar-refractivity contribution is 5.76. The van der Waals surface area contributed by atoms with Crippen LogP contribution in [0, 0.1) is 0 Å². The molecule has 1 saturated heterocycles. The molecule has 1 fully saturated rings. The summed E-state index contributed by atoms with van der Waals surface area (Å²) in [6.07, 6.45) is 3.54. The van der Waals surface area contributed by atoms with E-state index in [0.717, 1.165) is 24.1 Å². The van der Waals surface area contributed by atoms with Gasteiger partial charge in [-0.3, -0.25) is 4.79 Å².